The maximum atomic E-state index is 5.70. The van der Waals surface area contributed by atoms with Crippen molar-refractivity contribution in [2.24, 2.45) is 0 Å². The van der Waals surface area contributed by atoms with Crippen LogP contribution < -0.4 is 15.4 Å². The Hall–Kier alpha value is -2.07. The molecule has 0 aliphatic heterocycles. The summed E-state index contributed by atoms with van der Waals surface area (Å²) in [6.45, 7) is 6.22. The van der Waals surface area contributed by atoms with Gasteiger partial charge in [0, 0.05) is 11.2 Å². The zero-order chi connectivity index (χ0) is 20.0. The van der Waals surface area contributed by atoms with Gasteiger partial charge in [0.1, 0.15) is 5.75 Å². The molecule has 2 aromatic carbocycles. The minimum Gasteiger partial charge on any atom is -0.491 e. The van der Waals surface area contributed by atoms with Crippen molar-refractivity contribution in [1.29, 1.82) is 0 Å². The molecular formula is C24H32N2OS. The summed E-state index contributed by atoms with van der Waals surface area (Å²) >= 11 is 5.65. The first-order chi connectivity index (χ1) is 13.4. The second kappa shape index (κ2) is 9.42. The maximum absolute atomic E-state index is 5.70. The van der Waals surface area contributed by atoms with E-state index in [4.69, 9.17) is 17.0 Å². The SMILES string of the molecule is Cc1cccc(CCC2(NC(=S)Nc3ccc(OC(C)C)cc3)CCCC2)c1. The predicted molar refractivity (Wildman–Crippen MR) is 122 cm³/mol. The number of aryl methyl sites for hydroxylation is 2. The van der Waals surface area contributed by atoms with Crippen LogP contribution in [0.15, 0.2) is 48.5 Å². The molecule has 1 aliphatic rings. The number of nitrogens with one attached hydrogen (secondary N) is 2. The molecule has 1 aliphatic carbocycles. The highest BCUT2D eigenvalue weighted by Crippen LogP contribution is 2.34. The Morgan fingerprint density at radius 3 is 2.46 bits per heavy atom. The molecule has 0 spiro atoms. The number of anilines is 1. The molecule has 0 heterocycles. The molecule has 3 rings (SSSR count). The van der Waals surface area contributed by atoms with E-state index in [9.17, 15) is 0 Å². The minimum atomic E-state index is 0.106. The van der Waals surface area contributed by atoms with Crippen molar-refractivity contribution in [3.63, 3.8) is 0 Å². The third-order valence-electron chi connectivity index (χ3n) is 5.40. The number of hydrogen-bond acceptors (Lipinski definition) is 2. The van der Waals surface area contributed by atoms with E-state index < -0.39 is 0 Å². The van der Waals surface area contributed by atoms with Gasteiger partial charge in [-0.05, 0) is 88.5 Å². The molecule has 0 unspecified atom stereocenters. The van der Waals surface area contributed by atoms with Crippen LogP contribution in [-0.2, 0) is 6.42 Å². The molecule has 0 amide bonds. The van der Waals surface area contributed by atoms with Crippen LogP contribution in [0.4, 0.5) is 5.69 Å². The summed E-state index contributed by atoms with van der Waals surface area (Å²) in [4.78, 5) is 0. The zero-order valence-corrected chi connectivity index (χ0v) is 18.1. The lowest BCUT2D eigenvalue weighted by atomic mass is 9.89. The van der Waals surface area contributed by atoms with Gasteiger partial charge in [-0.1, -0.05) is 42.7 Å². The molecule has 28 heavy (non-hydrogen) atoms. The molecule has 3 nitrogen and oxygen atoms in total. The molecule has 150 valence electrons. The molecule has 2 N–H and O–H groups in total. The van der Waals surface area contributed by atoms with Crippen LogP contribution in [0.5, 0.6) is 5.75 Å². The topological polar surface area (TPSA) is 33.3 Å². The van der Waals surface area contributed by atoms with E-state index in [0.717, 1.165) is 24.3 Å². The Morgan fingerprint density at radius 2 is 1.82 bits per heavy atom. The largest absolute Gasteiger partial charge is 0.491 e. The molecule has 1 fully saturated rings. The van der Waals surface area contributed by atoms with Crippen LogP contribution in [-0.4, -0.2) is 16.8 Å². The van der Waals surface area contributed by atoms with E-state index in [1.165, 1.54) is 36.8 Å². The molecule has 0 radical (unpaired) electrons. The molecule has 2 aromatic rings. The summed E-state index contributed by atoms with van der Waals surface area (Å²) in [7, 11) is 0. The lowest BCUT2D eigenvalue weighted by molar-refractivity contribution is 0.242. The lowest BCUT2D eigenvalue weighted by Crippen LogP contribution is -2.48. The average molecular weight is 397 g/mol. The van der Waals surface area contributed by atoms with Gasteiger partial charge in [-0.15, -0.1) is 0 Å². The molecule has 1 saturated carbocycles. The first-order valence-corrected chi connectivity index (χ1v) is 10.8. The number of hydrogen-bond donors (Lipinski definition) is 2. The highest BCUT2D eigenvalue weighted by atomic mass is 32.1. The Bertz CT molecular complexity index is 779. The molecule has 0 aromatic heterocycles. The monoisotopic (exact) mass is 396 g/mol. The van der Waals surface area contributed by atoms with Crippen LogP contribution in [0.1, 0.15) is 57.1 Å². The van der Waals surface area contributed by atoms with Crippen molar-refractivity contribution in [1.82, 2.24) is 5.32 Å². The number of thiocarbonyl (C=S) groups is 1. The van der Waals surface area contributed by atoms with Gasteiger partial charge in [-0.2, -0.15) is 0 Å². The number of benzene rings is 2. The highest BCUT2D eigenvalue weighted by Gasteiger charge is 2.34. The smallest absolute Gasteiger partial charge is 0.171 e. The van der Waals surface area contributed by atoms with Gasteiger partial charge in [-0.3, -0.25) is 0 Å². The summed E-state index contributed by atoms with van der Waals surface area (Å²) in [6, 6.07) is 16.8. The van der Waals surface area contributed by atoms with Crippen LogP contribution in [0.3, 0.4) is 0 Å². The minimum absolute atomic E-state index is 0.106. The summed E-state index contributed by atoms with van der Waals surface area (Å²) in [5.74, 6) is 0.879. The second-order valence-electron chi connectivity index (χ2n) is 8.25. The number of rotatable bonds is 7. The highest BCUT2D eigenvalue weighted by molar-refractivity contribution is 7.80. The van der Waals surface area contributed by atoms with Crippen molar-refractivity contribution in [2.75, 3.05) is 5.32 Å². The summed E-state index contributed by atoms with van der Waals surface area (Å²) in [5, 5.41) is 7.72. The van der Waals surface area contributed by atoms with Crippen molar-refractivity contribution < 1.29 is 4.74 Å². The second-order valence-corrected chi connectivity index (χ2v) is 8.65. The summed E-state index contributed by atoms with van der Waals surface area (Å²) in [6.07, 6.45) is 7.27. The molecule has 0 saturated heterocycles. The summed E-state index contributed by atoms with van der Waals surface area (Å²) < 4.78 is 5.70. The predicted octanol–water partition coefficient (Wildman–Crippen LogP) is 6.01. The van der Waals surface area contributed by atoms with Crippen molar-refractivity contribution >= 4 is 23.0 Å². The first-order valence-electron chi connectivity index (χ1n) is 10.4. The van der Waals surface area contributed by atoms with Gasteiger partial charge in [0.05, 0.1) is 6.10 Å². The van der Waals surface area contributed by atoms with E-state index in [1.54, 1.807) is 0 Å². The Labute approximate surface area is 174 Å². The maximum Gasteiger partial charge on any atom is 0.171 e. The first kappa shape index (κ1) is 20.7. The van der Waals surface area contributed by atoms with Gasteiger partial charge < -0.3 is 15.4 Å². The fourth-order valence-corrected chi connectivity index (χ4v) is 4.37. The van der Waals surface area contributed by atoms with E-state index in [-0.39, 0.29) is 11.6 Å². The van der Waals surface area contributed by atoms with Crippen LogP contribution in [0.2, 0.25) is 0 Å². The quantitative estimate of drug-likeness (QED) is 0.561. The third-order valence-corrected chi connectivity index (χ3v) is 5.60. The zero-order valence-electron chi connectivity index (χ0n) is 17.3. The van der Waals surface area contributed by atoms with Crippen molar-refractivity contribution in [3.8, 4) is 5.75 Å². The standard InChI is InChI=1S/C24H32N2OS/c1-18(2)27-22-11-9-21(10-12-22)25-23(28)26-24(14-4-5-15-24)16-13-20-8-6-7-19(3)17-20/h6-12,17-18H,4-5,13-16H2,1-3H3,(H2,25,26,28). The van der Waals surface area contributed by atoms with Gasteiger partial charge >= 0.3 is 0 Å². The van der Waals surface area contributed by atoms with E-state index >= 15 is 0 Å². The van der Waals surface area contributed by atoms with E-state index in [2.05, 4.69) is 41.8 Å². The van der Waals surface area contributed by atoms with Crippen molar-refractivity contribution in [2.45, 2.75) is 70.9 Å². The van der Waals surface area contributed by atoms with Gasteiger partial charge in [0.25, 0.3) is 0 Å². The van der Waals surface area contributed by atoms with Gasteiger partial charge in [0.2, 0.25) is 0 Å². The molecule has 0 bridgehead atoms. The average Bonchev–Trinajstić information content (AvgIpc) is 3.10. The normalized spacial score (nSPS) is 15.4. The van der Waals surface area contributed by atoms with E-state index in [1.807, 2.05) is 38.1 Å². The van der Waals surface area contributed by atoms with Crippen LogP contribution in [0.25, 0.3) is 0 Å². The van der Waals surface area contributed by atoms with Crippen molar-refractivity contribution in [3.05, 3.63) is 59.7 Å². The van der Waals surface area contributed by atoms with E-state index in [0.29, 0.717) is 5.11 Å². The fourth-order valence-electron chi connectivity index (χ4n) is 4.03. The number of ether oxygens (including phenoxy) is 1. The van der Waals surface area contributed by atoms with Crippen LogP contribution >= 0.6 is 12.2 Å². The molecular weight excluding hydrogens is 364 g/mol. The molecule has 0 atom stereocenters. The Morgan fingerprint density at radius 1 is 1.11 bits per heavy atom. The Kier molecular flexibility index (Phi) is 6.95. The van der Waals surface area contributed by atoms with Gasteiger partial charge in [-0.25, -0.2) is 0 Å². The fraction of sp³-hybridized carbons (Fsp3) is 0.458. The third kappa shape index (κ3) is 5.96. The van der Waals surface area contributed by atoms with Crippen LogP contribution in [0, 0.1) is 6.92 Å². The molecule has 4 heteroatoms. The lowest BCUT2D eigenvalue weighted by Gasteiger charge is -2.32. The Balaban J connectivity index is 1.58. The van der Waals surface area contributed by atoms with Gasteiger partial charge in [0.15, 0.2) is 5.11 Å². The summed E-state index contributed by atoms with van der Waals surface area (Å²) in [5.41, 5.74) is 3.83.